The van der Waals surface area contributed by atoms with Crippen molar-refractivity contribution in [3.8, 4) is 0 Å². The first-order chi connectivity index (χ1) is 10.1. The predicted octanol–water partition coefficient (Wildman–Crippen LogP) is 3.20. The van der Waals surface area contributed by atoms with Crippen LogP contribution in [0.2, 0.25) is 0 Å². The lowest BCUT2D eigenvalue weighted by Gasteiger charge is -2.40. The standard InChI is InChI=1S/C17H36N2O2/c1-6-10-17(14-18,11-7-2)16(20)19(12-13-21-5)15(8-3)9-4/h15H,6-14,18H2,1-5H3. The van der Waals surface area contributed by atoms with Crippen molar-refractivity contribution >= 4 is 5.91 Å². The van der Waals surface area contributed by atoms with Crippen LogP contribution in [-0.4, -0.2) is 43.7 Å². The quantitative estimate of drug-likeness (QED) is 0.602. The van der Waals surface area contributed by atoms with Crippen molar-refractivity contribution in [2.24, 2.45) is 11.1 Å². The Bertz CT molecular complexity index is 272. The lowest BCUT2D eigenvalue weighted by molar-refractivity contribution is -0.146. The molecule has 0 radical (unpaired) electrons. The summed E-state index contributed by atoms with van der Waals surface area (Å²) in [6, 6.07) is 0.285. The second-order valence-electron chi connectivity index (χ2n) is 5.95. The number of carbonyl (C=O) groups excluding carboxylic acids is 1. The summed E-state index contributed by atoms with van der Waals surface area (Å²) in [5, 5.41) is 0. The number of rotatable bonds is 12. The summed E-state index contributed by atoms with van der Waals surface area (Å²) in [6.45, 7) is 10.2. The van der Waals surface area contributed by atoms with Gasteiger partial charge in [0.1, 0.15) is 0 Å². The highest BCUT2D eigenvalue weighted by atomic mass is 16.5. The molecule has 0 heterocycles. The zero-order valence-electron chi connectivity index (χ0n) is 14.8. The van der Waals surface area contributed by atoms with Crippen LogP contribution in [-0.2, 0) is 9.53 Å². The topological polar surface area (TPSA) is 55.6 Å². The maximum Gasteiger partial charge on any atom is 0.230 e. The number of amides is 1. The third-order valence-corrected chi connectivity index (χ3v) is 4.48. The monoisotopic (exact) mass is 300 g/mol. The third kappa shape index (κ3) is 5.59. The van der Waals surface area contributed by atoms with Gasteiger partial charge in [-0.3, -0.25) is 4.79 Å². The molecule has 0 saturated heterocycles. The summed E-state index contributed by atoms with van der Waals surface area (Å²) < 4.78 is 5.20. The van der Waals surface area contributed by atoms with Gasteiger partial charge in [-0.2, -0.15) is 0 Å². The van der Waals surface area contributed by atoms with Gasteiger partial charge in [0.05, 0.1) is 12.0 Å². The summed E-state index contributed by atoms with van der Waals surface area (Å²) in [6.07, 6.45) is 5.68. The number of carbonyl (C=O) groups is 1. The molecule has 2 N–H and O–H groups in total. The highest BCUT2D eigenvalue weighted by molar-refractivity contribution is 5.83. The Morgan fingerprint density at radius 1 is 1.14 bits per heavy atom. The van der Waals surface area contributed by atoms with Crippen molar-refractivity contribution in [1.29, 1.82) is 0 Å². The maximum atomic E-state index is 13.2. The first-order valence-electron chi connectivity index (χ1n) is 8.56. The van der Waals surface area contributed by atoms with Crippen LogP contribution in [0, 0.1) is 5.41 Å². The zero-order chi connectivity index (χ0) is 16.3. The molecular weight excluding hydrogens is 264 g/mol. The molecule has 1 amide bonds. The molecule has 0 fully saturated rings. The first kappa shape index (κ1) is 20.4. The lowest BCUT2D eigenvalue weighted by Crippen LogP contribution is -2.52. The van der Waals surface area contributed by atoms with E-state index in [1.165, 1.54) is 0 Å². The zero-order valence-corrected chi connectivity index (χ0v) is 14.8. The number of methoxy groups -OCH3 is 1. The summed E-state index contributed by atoms with van der Waals surface area (Å²) in [4.78, 5) is 15.3. The molecule has 0 aliphatic rings. The molecule has 0 spiro atoms. The van der Waals surface area contributed by atoms with Gasteiger partial charge >= 0.3 is 0 Å². The predicted molar refractivity (Wildman–Crippen MR) is 89.3 cm³/mol. The highest BCUT2D eigenvalue weighted by Crippen LogP contribution is 2.32. The Kier molecular flexibility index (Phi) is 10.7. The van der Waals surface area contributed by atoms with E-state index in [1.807, 2.05) is 4.90 Å². The van der Waals surface area contributed by atoms with Crippen molar-refractivity contribution in [2.45, 2.75) is 72.3 Å². The average molecular weight is 300 g/mol. The van der Waals surface area contributed by atoms with Crippen LogP contribution in [0.25, 0.3) is 0 Å². The van der Waals surface area contributed by atoms with Crippen molar-refractivity contribution in [3.05, 3.63) is 0 Å². The Morgan fingerprint density at radius 2 is 1.67 bits per heavy atom. The molecule has 4 heteroatoms. The molecule has 4 nitrogen and oxygen atoms in total. The van der Waals surface area contributed by atoms with Gasteiger partial charge in [0.15, 0.2) is 0 Å². The molecular formula is C17H36N2O2. The van der Waals surface area contributed by atoms with Crippen LogP contribution in [0.4, 0.5) is 0 Å². The average Bonchev–Trinajstić information content (AvgIpc) is 2.50. The fourth-order valence-corrected chi connectivity index (χ4v) is 3.26. The Labute approximate surface area is 131 Å². The summed E-state index contributed by atoms with van der Waals surface area (Å²) in [5.74, 6) is 0.236. The summed E-state index contributed by atoms with van der Waals surface area (Å²) in [5.41, 5.74) is 5.66. The van der Waals surface area contributed by atoms with Gasteiger partial charge < -0.3 is 15.4 Å². The number of ether oxygens (including phenoxy) is 1. The molecule has 21 heavy (non-hydrogen) atoms. The van der Waals surface area contributed by atoms with Gasteiger partial charge in [-0.15, -0.1) is 0 Å². The molecule has 0 atom stereocenters. The number of nitrogens with zero attached hydrogens (tertiary/aromatic N) is 1. The normalized spacial score (nSPS) is 12.0. The van der Waals surface area contributed by atoms with Crippen molar-refractivity contribution < 1.29 is 9.53 Å². The molecule has 0 rings (SSSR count). The minimum Gasteiger partial charge on any atom is -0.383 e. The molecule has 0 unspecified atom stereocenters. The van der Waals surface area contributed by atoms with Crippen LogP contribution >= 0.6 is 0 Å². The Hall–Kier alpha value is -0.610. The van der Waals surface area contributed by atoms with Gasteiger partial charge in [0.25, 0.3) is 0 Å². The third-order valence-electron chi connectivity index (χ3n) is 4.48. The van der Waals surface area contributed by atoms with Crippen molar-refractivity contribution in [1.82, 2.24) is 4.90 Å². The van der Waals surface area contributed by atoms with Crippen LogP contribution in [0.5, 0.6) is 0 Å². The van der Waals surface area contributed by atoms with Crippen molar-refractivity contribution in [2.75, 3.05) is 26.8 Å². The molecule has 126 valence electrons. The van der Waals surface area contributed by atoms with Gasteiger partial charge in [0, 0.05) is 26.2 Å². The smallest absolute Gasteiger partial charge is 0.230 e. The second kappa shape index (κ2) is 11.0. The van der Waals surface area contributed by atoms with E-state index in [0.717, 1.165) is 38.5 Å². The fourth-order valence-electron chi connectivity index (χ4n) is 3.26. The highest BCUT2D eigenvalue weighted by Gasteiger charge is 2.39. The van der Waals surface area contributed by atoms with Gasteiger partial charge in [-0.25, -0.2) is 0 Å². The van der Waals surface area contributed by atoms with E-state index in [1.54, 1.807) is 7.11 Å². The van der Waals surface area contributed by atoms with E-state index in [0.29, 0.717) is 19.7 Å². The summed E-state index contributed by atoms with van der Waals surface area (Å²) in [7, 11) is 1.68. The van der Waals surface area contributed by atoms with Crippen LogP contribution in [0.3, 0.4) is 0 Å². The van der Waals surface area contributed by atoms with Gasteiger partial charge in [-0.05, 0) is 25.7 Å². The number of nitrogens with two attached hydrogens (primary N) is 1. The molecule has 0 aromatic carbocycles. The van der Waals surface area contributed by atoms with Crippen LogP contribution < -0.4 is 5.73 Å². The Morgan fingerprint density at radius 3 is 2.00 bits per heavy atom. The number of hydrogen-bond acceptors (Lipinski definition) is 3. The van der Waals surface area contributed by atoms with E-state index in [-0.39, 0.29) is 17.4 Å². The fraction of sp³-hybridized carbons (Fsp3) is 0.941. The van der Waals surface area contributed by atoms with E-state index >= 15 is 0 Å². The van der Waals surface area contributed by atoms with Crippen LogP contribution in [0.1, 0.15) is 66.2 Å². The van der Waals surface area contributed by atoms with E-state index in [2.05, 4.69) is 27.7 Å². The lowest BCUT2D eigenvalue weighted by atomic mass is 9.77. The minimum absolute atomic E-state index is 0.236. The van der Waals surface area contributed by atoms with Gasteiger partial charge in [0.2, 0.25) is 5.91 Å². The molecule has 0 saturated carbocycles. The molecule has 0 aromatic rings. The van der Waals surface area contributed by atoms with Gasteiger partial charge in [-0.1, -0.05) is 40.5 Å². The summed E-state index contributed by atoms with van der Waals surface area (Å²) >= 11 is 0. The minimum atomic E-state index is -0.389. The molecule has 0 aliphatic heterocycles. The van der Waals surface area contributed by atoms with E-state index in [9.17, 15) is 4.79 Å². The van der Waals surface area contributed by atoms with E-state index < -0.39 is 0 Å². The largest absolute Gasteiger partial charge is 0.383 e. The van der Waals surface area contributed by atoms with E-state index in [4.69, 9.17) is 10.5 Å². The molecule has 0 aromatic heterocycles. The maximum absolute atomic E-state index is 13.2. The molecule has 0 bridgehead atoms. The van der Waals surface area contributed by atoms with Crippen molar-refractivity contribution in [3.63, 3.8) is 0 Å². The number of hydrogen-bond donors (Lipinski definition) is 1. The SMILES string of the molecule is CCCC(CN)(CCC)C(=O)N(CCOC)C(CC)CC. The Balaban J connectivity index is 5.34. The van der Waals surface area contributed by atoms with Crippen LogP contribution in [0.15, 0.2) is 0 Å². The molecule has 0 aliphatic carbocycles. The first-order valence-corrected chi connectivity index (χ1v) is 8.56. The second-order valence-corrected chi connectivity index (χ2v) is 5.95.